The number of ether oxygens (including phenoxy) is 1. The van der Waals surface area contributed by atoms with Crippen molar-refractivity contribution in [1.82, 2.24) is 0 Å². The van der Waals surface area contributed by atoms with Crippen molar-refractivity contribution in [3.63, 3.8) is 0 Å². The number of benzene rings is 2. The zero-order chi connectivity index (χ0) is 23.4. The van der Waals surface area contributed by atoms with Gasteiger partial charge in [0.25, 0.3) is 0 Å². The van der Waals surface area contributed by atoms with Gasteiger partial charge < -0.3 is 14.3 Å². The van der Waals surface area contributed by atoms with Gasteiger partial charge in [0.1, 0.15) is 29.4 Å². The van der Waals surface area contributed by atoms with E-state index in [9.17, 15) is 19.1 Å². The first-order valence-electron chi connectivity index (χ1n) is 10.5. The molecule has 0 fully saturated rings. The van der Waals surface area contributed by atoms with E-state index >= 15 is 0 Å². The molecule has 1 atom stereocenters. The minimum Gasteiger partial charge on any atom is -0.469 e. The second kappa shape index (κ2) is 9.92. The van der Waals surface area contributed by atoms with Crippen LogP contribution >= 0.6 is 0 Å². The van der Waals surface area contributed by atoms with Crippen molar-refractivity contribution >= 4 is 28.8 Å². The van der Waals surface area contributed by atoms with Crippen LogP contribution in [0.15, 0.2) is 46.9 Å². The topological polar surface area (TPSA) is 76.7 Å². The normalized spacial score (nSPS) is 12.6. The molecule has 0 bridgehead atoms. The number of fused-ring (bicyclic) bond motifs is 1. The smallest absolute Gasteiger partial charge is 0.313 e. The van der Waals surface area contributed by atoms with E-state index in [2.05, 4.69) is 24.7 Å². The van der Waals surface area contributed by atoms with Gasteiger partial charge in [0.05, 0.1) is 13.2 Å². The second-order valence-corrected chi connectivity index (χ2v) is 8.10. The average Bonchev–Trinajstić information content (AvgIpc) is 3.12. The maximum absolute atomic E-state index is 13.5. The highest BCUT2D eigenvalue weighted by atomic mass is 19.1. The Balaban J connectivity index is 2.06. The van der Waals surface area contributed by atoms with Gasteiger partial charge in [-0.05, 0) is 48.2 Å². The predicted molar refractivity (Wildman–Crippen MR) is 122 cm³/mol. The molecule has 6 heteroatoms. The number of carbonyl (C=O) groups excluding carboxylic acids is 2. The number of hydrogen-bond donors (Lipinski definition) is 1. The van der Waals surface area contributed by atoms with Gasteiger partial charge in [0.15, 0.2) is 0 Å². The Morgan fingerprint density at radius 2 is 1.84 bits per heavy atom. The number of carbonyl (C=O) groups is 2. The molecule has 3 aromatic rings. The van der Waals surface area contributed by atoms with Crippen LogP contribution in [0.5, 0.6) is 0 Å². The summed E-state index contributed by atoms with van der Waals surface area (Å²) in [6.45, 7) is 6.13. The number of aliphatic hydroxyl groups is 1. The first kappa shape index (κ1) is 23.4. The molecule has 32 heavy (non-hydrogen) atoms. The fraction of sp³-hybridized carbons (Fsp3) is 0.308. The number of aryl methyl sites for hydroxylation is 1. The molecule has 2 aromatic carbocycles. The zero-order valence-corrected chi connectivity index (χ0v) is 18.6. The molecule has 1 unspecified atom stereocenters. The molecule has 0 aliphatic carbocycles. The largest absolute Gasteiger partial charge is 0.469 e. The lowest BCUT2D eigenvalue weighted by Gasteiger charge is -2.09. The SMILES string of the molecule is COC(=O)CC(=O)CC(O)C=Cc1c(-c2ccc(F)cc2)oc2c(C)ccc(C(C)C)c12. The van der Waals surface area contributed by atoms with Crippen LogP contribution in [-0.4, -0.2) is 30.1 Å². The Kier molecular flexibility index (Phi) is 7.26. The third-order valence-corrected chi connectivity index (χ3v) is 5.32. The number of rotatable bonds is 8. The third-order valence-electron chi connectivity index (χ3n) is 5.32. The Hall–Kier alpha value is -3.25. The molecule has 0 radical (unpaired) electrons. The molecule has 0 saturated carbocycles. The molecule has 0 spiro atoms. The number of esters is 1. The molecule has 0 amide bonds. The van der Waals surface area contributed by atoms with E-state index < -0.39 is 17.9 Å². The summed E-state index contributed by atoms with van der Waals surface area (Å²) >= 11 is 0. The van der Waals surface area contributed by atoms with Crippen LogP contribution < -0.4 is 0 Å². The van der Waals surface area contributed by atoms with E-state index in [1.807, 2.05) is 13.0 Å². The monoisotopic (exact) mass is 438 g/mol. The van der Waals surface area contributed by atoms with Crippen LogP contribution in [0.3, 0.4) is 0 Å². The average molecular weight is 438 g/mol. The van der Waals surface area contributed by atoms with Crippen molar-refractivity contribution in [1.29, 1.82) is 0 Å². The van der Waals surface area contributed by atoms with Crippen molar-refractivity contribution in [3.05, 3.63) is 65.0 Å². The van der Waals surface area contributed by atoms with Crippen molar-refractivity contribution in [2.75, 3.05) is 7.11 Å². The molecule has 0 saturated heterocycles. The van der Waals surface area contributed by atoms with Gasteiger partial charge in [-0.2, -0.15) is 0 Å². The lowest BCUT2D eigenvalue weighted by atomic mass is 9.93. The maximum atomic E-state index is 13.5. The molecule has 1 aromatic heterocycles. The van der Waals surface area contributed by atoms with Gasteiger partial charge in [0.2, 0.25) is 0 Å². The molecule has 0 aliphatic rings. The first-order valence-corrected chi connectivity index (χ1v) is 10.5. The number of aliphatic hydroxyl groups excluding tert-OH is 1. The van der Waals surface area contributed by atoms with E-state index in [0.29, 0.717) is 11.3 Å². The van der Waals surface area contributed by atoms with Gasteiger partial charge in [-0.25, -0.2) is 4.39 Å². The number of halogens is 1. The number of ketones is 1. The molecular weight excluding hydrogens is 411 g/mol. The maximum Gasteiger partial charge on any atom is 0.313 e. The summed E-state index contributed by atoms with van der Waals surface area (Å²) in [5.74, 6) is -0.622. The highest BCUT2D eigenvalue weighted by molar-refractivity contribution is 5.98. The van der Waals surface area contributed by atoms with Crippen molar-refractivity contribution in [3.8, 4) is 11.3 Å². The van der Waals surface area contributed by atoms with Crippen LogP contribution in [-0.2, 0) is 14.3 Å². The van der Waals surface area contributed by atoms with Crippen LogP contribution in [0.4, 0.5) is 4.39 Å². The van der Waals surface area contributed by atoms with Crippen LogP contribution in [0.2, 0.25) is 0 Å². The molecule has 168 valence electrons. The van der Waals surface area contributed by atoms with Crippen LogP contribution in [0, 0.1) is 12.7 Å². The Morgan fingerprint density at radius 1 is 1.16 bits per heavy atom. The van der Waals surface area contributed by atoms with E-state index in [-0.39, 0.29) is 24.6 Å². The minimum absolute atomic E-state index is 0.205. The van der Waals surface area contributed by atoms with Gasteiger partial charge in [-0.15, -0.1) is 0 Å². The minimum atomic E-state index is -1.08. The number of Topliss-reactive ketones (excluding diaryl/α,β-unsaturated/α-hetero) is 1. The second-order valence-electron chi connectivity index (χ2n) is 8.10. The summed E-state index contributed by atoms with van der Waals surface area (Å²) in [5.41, 5.74) is 4.22. The van der Waals surface area contributed by atoms with Crippen LogP contribution in [0.1, 0.15) is 49.3 Å². The Bertz CT molecular complexity index is 1160. The number of furan rings is 1. The van der Waals surface area contributed by atoms with Gasteiger partial charge in [-0.1, -0.05) is 38.1 Å². The van der Waals surface area contributed by atoms with Crippen molar-refractivity contribution < 1.29 is 28.2 Å². The molecular formula is C26H27FO5. The fourth-order valence-corrected chi connectivity index (χ4v) is 3.65. The fourth-order valence-electron chi connectivity index (χ4n) is 3.65. The molecule has 1 N–H and O–H groups in total. The first-order chi connectivity index (χ1) is 15.2. The summed E-state index contributed by atoms with van der Waals surface area (Å²) in [7, 11) is 1.21. The van der Waals surface area contributed by atoms with Gasteiger partial charge in [-0.3, -0.25) is 9.59 Å². The number of methoxy groups -OCH3 is 1. The lowest BCUT2D eigenvalue weighted by molar-refractivity contribution is -0.143. The quantitative estimate of drug-likeness (QED) is 0.368. The molecule has 1 heterocycles. The predicted octanol–water partition coefficient (Wildman–Crippen LogP) is 5.57. The summed E-state index contributed by atoms with van der Waals surface area (Å²) in [6.07, 6.45) is 1.58. The summed E-state index contributed by atoms with van der Waals surface area (Å²) in [6, 6.07) is 10.1. The van der Waals surface area contributed by atoms with E-state index in [1.54, 1.807) is 18.2 Å². The lowest BCUT2D eigenvalue weighted by Crippen LogP contribution is -2.15. The Morgan fingerprint density at radius 3 is 2.47 bits per heavy atom. The Labute approximate surface area is 186 Å². The van der Waals surface area contributed by atoms with Crippen molar-refractivity contribution in [2.45, 2.75) is 45.6 Å². The molecule has 5 nitrogen and oxygen atoms in total. The molecule has 3 rings (SSSR count). The third kappa shape index (κ3) is 5.14. The standard InChI is InChI=1S/C26H27FO5/c1-15(2)21-11-5-16(3)25-24(21)22(26(32-25)17-6-8-18(27)9-7-17)12-10-19(28)13-20(29)14-23(30)31-4/h5-12,15,19,28H,13-14H2,1-4H3. The number of hydrogen-bond acceptors (Lipinski definition) is 5. The summed E-state index contributed by atoms with van der Waals surface area (Å²) in [5, 5.41) is 11.3. The summed E-state index contributed by atoms with van der Waals surface area (Å²) in [4.78, 5) is 23.2. The van der Waals surface area contributed by atoms with E-state index in [0.717, 1.165) is 27.7 Å². The van der Waals surface area contributed by atoms with Gasteiger partial charge >= 0.3 is 5.97 Å². The van der Waals surface area contributed by atoms with Crippen molar-refractivity contribution in [2.24, 2.45) is 0 Å². The zero-order valence-electron chi connectivity index (χ0n) is 18.6. The van der Waals surface area contributed by atoms with E-state index in [4.69, 9.17) is 4.42 Å². The highest BCUT2D eigenvalue weighted by Crippen LogP contribution is 2.40. The van der Waals surface area contributed by atoms with E-state index in [1.165, 1.54) is 25.3 Å². The highest BCUT2D eigenvalue weighted by Gasteiger charge is 2.20. The van der Waals surface area contributed by atoms with Gasteiger partial charge in [0, 0.05) is 22.9 Å². The molecule has 0 aliphatic heterocycles. The summed E-state index contributed by atoms with van der Waals surface area (Å²) < 4.78 is 24.2. The van der Waals surface area contributed by atoms with Crippen LogP contribution in [0.25, 0.3) is 28.4 Å².